The van der Waals surface area contributed by atoms with Crippen molar-refractivity contribution in [2.75, 3.05) is 19.8 Å². The minimum Gasteiger partial charge on any atom is -0.384 e. The highest BCUT2D eigenvalue weighted by atomic mass is 32.2. The molecule has 21 heavy (non-hydrogen) atoms. The fraction of sp³-hybridized carbons (Fsp3) is 0.467. The van der Waals surface area contributed by atoms with Crippen molar-refractivity contribution in [1.29, 1.82) is 0 Å². The second kappa shape index (κ2) is 8.15. The smallest absolute Gasteiger partial charge is 0.242 e. The van der Waals surface area contributed by atoms with E-state index in [0.29, 0.717) is 18.8 Å². The summed E-state index contributed by atoms with van der Waals surface area (Å²) in [6, 6.07) is 4.58. The third-order valence-electron chi connectivity index (χ3n) is 2.66. The molecule has 0 saturated carbocycles. The molecule has 0 amide bonds. The topological polar surface area (TPSA) is 75.6 Å². The predicted octanol–water partition coefficient (Wildman–Crippen LogP) is 1.04. The molecular formula is C15H21NO4S. The molecule has 0 saturated heterocycles. The Labute approximate surface area is 126 Å². The van der Waals surface area contributed by atoms with Gasteiger partial charge in [-0.15, -0.1) is 0 Å². The summed E-state index contributed by atoms with van der Waals surface area (Å²) >= 11 is 0. The molecule has 116 valence electrons. The van der Waals surface area contributed by atoms with Gasteiger partial charge in [-0.05, 0) is 38.5 Å². The summed E-state index contributed by atoms with van der Waals surface area (Å²) < 4.78 is 32.6. The van der Waals surface area contributed by atoms with Gasteiger partial charge in [-0.1, -0.05) is 17.9 Å². The van der Waals surface area contributed by atoms with E-state index in [9.17, 15) is 8.42 Å². The van der Waals surface area contributed by atoms with Crippen molar-refractivity contribution in [3.05, 3.63) is 29.3 Å². The normalized spacial score (nSPS) is 12.6. The van der Waals surface area contributed by atoms with Gasteiger partial charge in [0, 0.05) is 18.2 Å². The number of hydrogen-bond donors (Lipinski definition) is 2. The third kappa shape index (κ3) is 5.48. The minimum absolute atomic E-state index is 0.109. The van der Waals surface area contributed by atoms with Crippen molar-refractivity contribution in [2.45, 2.75) is 31.7 Å². The Balaban J connectivity index is 3.07. The lowest BCUT2D eigenvalue weighted by Gasteiger charge is -2.15. The summed E-state index contributed by atoms with van der Waals surface area (Å²) in [5, 5.41) is 8.78. The number of sulfonamides is 1. The van der Waals surface area contributed by atoms with Gasteiger partial charge in [-0.3, -0.25) is 0 Å². The first kappa shape index (κ1) is 17.7. The Morgan fingerprint density at radius 2 is 2.14 bits per heavy atom. The molecule has 0 fully saturated rings. The van der Waals surface area contributed by atoms with Crippen molar-refractivity contribution in [1.82, 2.24) is 4.72 Å². The summed E-state index contributed by atoms with van der Waals surface area (Å²) in [6.07, 6.45) is 0. The molecule has 5 nitrogen and oxygen atoms in total. The molecule has 0 aliphatic rings. The lowest BCUT2D eigenvalue weighted by Crippen LogP contribution is -2.36. The fourth-order valence-electron chi connectivity index (χ4n) is 1.77. The zero-order valence-electron chi connectivity index (χ0n) is 12.5. The average molecular weight is 311 g/mol. The monoisotopic (exact) mass is 311 g/mol. The van der Waals surface area contributed by atoms with E-state index < -0.39 is 10.0 Å². The van der Waals surface area contributed by atoms with Crippen LogP contribution in [-0.2, 0) is 14.8 Å². The largest absolute Gasteiger partial charge is 0.384 e. The highest BCUT2D eigenvalue weighted by Gasteiger charge is 2.20. The molecule has 2 N–H and O–H groups in total. The number of aliphatic hydroxyl groups excluding tert-OH is 1. The molecule has 0 radical (unpaired) electrons. The lowest BCUT2D eigenvalue weighted by atomic mass is 10.1. The van der Waals surface area contributed by atoms with E-state index in [2.05, 4.69) is 16.6 Å². The summed E-state index contributed by atoms with van der Waals surface area (Å²) in [5.74, 6) is 5.16. The van der Waals surface area contributed by atoms with Gasteiger partial charge in [0.25, 0.3) is 0 Å². The Hall–Kier alpha value is -1.39. The maximum absolute atomic E-state index is 12.4. The Morgan fingerprint density at radius 1 is 1.43 bits per heavy atom. The quantitative estimate of drug-likeness (QED) is 0.770. The van der Waals surface area contributed by atoms with Gasteiger partial charge < -0.3 is 9.84 Å². The van der Waals surface area contributed by atoms with Crippen molar-refractivity contribution in [3.8, 4) is 11.8 Å². The van der Waals surface area contributed by atoms with Crippen LogP contribution in [0.15, 0.2) is 23.1 Å². The summed E-state index contributed by atoms with van der Waals surface area (Å²) in [5.41, 5.74) is 1.28. The van der Waals surface area contributed by atoms with E-state index >= 15 is 0 Å². The number of nitrogens with one attached hydrogen (secondary N) is 1. The molecule has 0 aromatic heterocycles. The van der Waals surface area contributed by atoms with Crippen LogP contribution in [-0.4, -0.2) is 39.4 Å². The molecular weight excluding hydrogens is 290 g/mol. The highest BCUT2D eigenvalue weighted by Crippen LogP contribution is 2.17. The Kier molecular flexibility index (Phi) is 6.85. The molecule has 0 heterocycles. The van der Waals surface area contributed by atoms with E-state index in [-0.39, 0.29) is 17.5 Å². The van der Waals surface area contributed by atoms with Gasteiger partial charge in [0.05, 0.1) is 11.5 Å². The predicted molar refractivity (Wildman–Crippen MR) is 81.4 cm³/mol. The second-order valence-corrected chi connectivity index (χ2v) is 6.32. The molecule has 1 unspecified atom stereocenters. The average Bonchev–Trinajstić information content (AvgIpc) is 2.42. The van der Waals surface area contributed by atoms with Crippen LogP contribution in [0.1, 0.15) is 25.0 Å². The number of benzene rings is 1. The van der Waals surface area contributed by atoms with Crippen molar-refractivity contribution < 1.29 is 18.3 Å². The van der Waals surface area contributed by atoms with Crippen LogP contribution in [0.5, 0.6) is 0 Å². The first-order valence-electron chi connectivity index (χ1n) is 6.71. The van der Waals surface area contributed by atoms with E-state index in [1.165, 1.54) is 6.07 Å². The van der Waals surface area contributed by atoms with Crippen LogP contribution in [0.2, 0.25) is 0 Å². The zero-order valence-corrected chi connectivity index (χ0v) is 13.3. The molecule has 0 bridgehead atoms. The van der Waals surface area contributed by atoms with Crippen LogP contribution < -0.4 is 4.72 Å². The van der Waals surface area contributed by atoms with Gasteiger partial charge in [-0.2, -0.15) is 0 Å². The SMILES string of the molecule is CCOCC(C)NS(=O)(=O)c1ccc(C)cc1C#CCO. The molecule has 0 aliphatic heterocycles. The van der Waals surface area contributed by atoms with Gasteiger partial charge in [0.2, 0.25) is 10.0 Å². The Bertz CT molecular complexity index is 629. The van der Waals surface area contributed by atoms with E-state index in [1.54, 1.807) is 19.1 Å². The molecule has 0 spiro atoms. The van der Waals surface area contributed by atoms with E-state index in [0.717, 1.165) is 5.56 Å². The van der Waals surface area contributed by atoms with Crippen molar-refractivity contribution in [3.63, 3.8) is 0 Å². The van der Waals surface area contributed by atoms with Gasteiger partial charge in [0.1, 0.15) is 6.61 Å². The van der Waals surface area contributed by atoms with Crippen molar-refractivity contribution >= 4 is 10.0 Å². The standard InChI is InChI=1S/C15H21NO4S/c1-4-20-11-13(3)16-21(18,19)15-8-7-12(2)10-14(15)6-5-9-17/h7-8,10,13,16-17H,4,9,11H2,1-3H3. The summed E-state index contributed by atoms with van der Waals surface area (Å²) in [4.78, 5) is 0.109. The third-order valence-corrected chi connectivity index (χ3v) is 4.30. The minimum atomic E-state index is -3.68. The van der Waals surface area contributed by atoms with Crippen LogP contribution in [0.25, 0.3) is 0 Å². The number of ether oxygens (including phenoxy) is 1. The van der Waals surface area contributed by atoms with Crippen molar-refractivity contribution in [2.24, 2.45) is 0 Å². The lowest BCUT2D eigenvalue weighted by molar-refractivity contribution is 0.133. The molecule has 1 atom stereocenters. The molecule has 0 aliphatic carbocycles. The maximum atomic E-state index is 12.4. The van der Waals surface area contributed by atoms with Gasteiger partial charge in [0.15, 0.2) is 0 Å². The van der Waals surface area contributed by atoms with Crippen LogP contribution in [0.3, 0.4) is 0 Å². The van der Waals surface area contributed by atoms with E-state index in [4.69, 9.17) is 9.84 Å². The first-order chi connectivity index (χ1) is 9.90. The van der Waals surface area contributed by atoms with E-state index in [1.807, 2.05) is 13.8 Å². The fourth-order valence-corrected chi connectivity index (χ4v) is 3.14. The summed E-state index contributed by atoms with van der Waals surface area (Å²) in [6.45, 7) is 5.96. The molecule has 1 rings (SSSR count). The van der Waals surface area contributed by atoms with Crippen LogP contribution >= 0.6 is 0 Å². The number of aliphatic hydroxyl groups is 1. The maximum Gasteiger partial charge on any atom is 0.242 e. The van der Waals surface area contributed by atoms with Gasteiger partial charge >= 0.3 is 0 Å². The van der Waals surface area contributed by atoms with Crippen LogP contribution in [0, 0.1) is 18.8 Å². The van der Waals surface area contributed by atoms with Gasteiger partial charge in [-0.25, -0.2) is 13.1 Å². The number of rotatable bonds is 6. The Morgan fingerprint density at radius 3 is 2.76 bits per heavy atom. The van der Waals surface area contributed by atoms with Crippen LogP contribution in [0.4, 0.5) is 0 Å². The molecule has 1 aromatic rings. The molecule has 1 aromatic carbocycles. The number of aryl methyl sites for hydroxylation is 1. The zero-order chi connectivity index (χ0) is 15.9. The number of hydrogen-bond acceptors (Lipinski definition) is 4. The second-order valence-electron chi connectivity index (χ2n) is 4.64. The molecule has 6 heteroatoms. The first-order valence-corrected chi connectivity index (χ1v) is 8.19. The highest BCUT2D eigenvalue weighted by molar-refractivity contribution is 7.89. The summed E-state index contributed by atoms with van der Waals surface area (Å²) in [7, 11) is -3.68.